The molecule has 0 bridgehead atoms. The molecule has 0 aromatic rings. The minimum absolute atomic E-state index is 0.0735. The molecule has 0 spiro atoms. The summed E-state index contributed by atoms with van der Waals surface area (Å²) in [6, 6.07) is -0.243. The number of hydrogen-bond donors (Lipinski definition) is 2. The smallest absolute Gasteiger partial charge is 0.353 e. The van der Waals surface area contributed by atoms with E-state index in [1.165, 1.54) is 10.6 Å². The number of β-lactam (4-membered cyclic amide) rings is 1. The molecule has 0 aliphatic carbocycles. The Morgan fingerprint density at radius 2 is 2.08 bits per heavy atom. The molecule has 8 heteroatoms. The normalized spacial score (nSPS) is 33.6. The van der Waals surface area contributed by atoms with Crippen LogP contribution >= 0.6 is 11.8 Å². The topological polar surface area (TPSA) is 84.3 Å². The fourth-order valence-electron chi connectivity index (χ4n) is 4.26. The maximum atomic E-state index is 12.4. The lowest BCUT2D eigenvalue weighted by atomic mass is 9.79. The van der Waals surface area contributed by atoms with Gasteiger partial charge in [-0.05, 0) is 6.92 Å². The number of thioether (sulfide) groups is 1. The quantitative estimate of drug-likeness (QED) is 0.687. The fraction of sp³-hybridized carbons (Fsp3) is 0.667. The van der Waals surface area contributed by atoms with Gasteiger partial charge in [-0.3, -0.25) is 4.79 Å². The molecule has 0 saturated carbocycles. The molecule has 3 rings (SSSR count). The van der Waals surface area contributed by atoms with E-state index in [9.17, 15) is 19.8 Å². The van der Waals surface area contributed by atoms with Gasteiger partial charge < -0.3 is 24.9 Å². The van der Waals surface area contributed by atoms with Crippen LogP contribution in [0.15, 0.2) is 22.5 Å². The number of fused-ring (bicyclic) bond motifs is 1. The summed E-state index contributed by atoms with van der Waals surface area (Å²) >= 11 is 1.58. The van der Waals surface area contributed by atoms with Gasteiger partial charge in [-0.2, -0.15) is 0 Å². The van der Waals surface area contributed by atoms with E-state index in [0.29, 0.717) is 0 Å². The number of likely N-dealkylation sites (tertiary alicyclic amines) is 1. The van der Waals surface area contributed by atoms with Gasteiger partial charge in [0.1, 0.15) is 5.70 Å². The second kappa shape index (κ2) is 6.81. The van der Waals surface area contributed by atoms with E-state index >= 15 is 0 Å². The van der Waals surface area contributed by atoms with Gasteiger partial charge in [0.15, 0.2) is 0 Å². The van der Waals surface area contributed by atoms with Crippen LogP contribution < -0.4 is 0 Å². The van der Waals surface area contributed by atoms with Crippen LogP contribution in [0.25, 0.3) is 0 Å². The Hall–Kier alpha value is -1.67. The van der Waals surface area contributed by atoms with E-state index in [1.807, 2.05) is 33.0 Å². The van der Waals surface area contributed by atoms with Crippen molar-refractivity contribution in [3.05, 3.63) is 22.5 Å². The Bertz CT molecular complexity index is 688. The third-order valence-corrected chi connectivity index (χ3v) is 6.88. The third kappa shape index (κ3) is 2.99. The van der Waals surface area contributed by atoms with Crippen LogP contribution in [0, 0.1) is 11.8 Å². The van der Waals surface area contributed by atoms with Crippen molar-refractivity contribution < 1.29 is 19.8 Å². The van der Waals surface area contributed by atoms with E-state index in [1.54, 1.807) is 18.7 Å². The molecule has 3 heterocycles. The Morgan fingerprint density at radius 1 is 1.42 bits per heavy atom. The van der Waals surface area contributed by atoms with Crippen LogP contribution in [0.1, 0.15) is 20.3 Å². The van der Waals surface area contributed by atoms with Crippen molar-refractivity contribution in [3.63, 3.8) is 0 Å². The van der Waals surface area contributed by atoms with E-state index in [4.69, 9.17) is 0 Å². The molecule has 5 atom stereocenters. The molecule has 2 fully saturated rings. The molecule has 0 aromatic carbocycles. The summed E-state index contributed by atoms with van der Waals surface area (Å²) in [6.45, 7) is 4.40. The van der Waals surface area contributed by atoms with Gasteiger partial charge in [-0.15, -0.1) is 11.8 Å². The highest BCUT2D eigenvalue weighted by Crippen LogP contribution is 2.52. The molecule has 1 unspecified atom stereocenters. The van der Waals surface area contributed by atoms with Crippen molar-refractivity contribution >= 4 is 23.6 Å². The largest absolute Gasteiger partial charge is 0.477 e. The van der Waals surface area contributed by atoms with Crippen molar-refractivity contribution in [2.75, 3.05) is 27.7 Å². The fourth-order valence-corrected chi connectivity index (χ4v) is 5.83. The van der Waals surface area contributed by atoms with Crippen molar-refractivity contribution in [1.82, 2.24) is 14.7 Å². The molecule has 0 radical (unpaired) electrons. The number of rotatable bonds is 5. The molecule has 3 aliphatic rings. The highest BCUT2D eigenvalue weighted by molar-refractivity contribution is 8.03. The highest BCUT2D eigenvalue weighted by atomic mass is 32.2. The van der Waals surface area contributed by atoms with Gasteiger partial charge in [0.25, 0.3) is 0 Å². The second-order valence-electron chi connectivity index (χ2n) is 7.68. The number of nitrogens with zero attached hydrogens (tertiary/aromatic N) is 3. The molecule has 26 heavy (non-hydrogen) atoms. The summed E-state index contributed by atoms with van der Waals surface area (Å²) in [4.78, 5) is 30.6. The van der Waals surface area contributed by atoms with Crippen LogP contribution in [0.2, 0.25) is 0 Å². The number of carbonyl (C=O) groups excluding carboxylic acids is 1. The summed E-state index contributed by atoms with van der Waals surface area (Å²) < 4.78 is 0. The second-order valence-corrected chi connectivity index (χ2v) is 9.02. The molecule has 144 valence electrons. The van der Waals surface area contributed by atoms with Crippen LogP contribution in [0.4, 0.5) is 0 Å². The van der Waals surface area contributed by atoms with E-state index < -0.39 is 18.0 Å². The van der Waals surface area contributed by atoms with Crippen LogP contribution in [0.5, 0.6) is 0 Å². The maximum absolute atomic E-state index is 12.4. The number of aliphatic hydroxyl groups excluding tert-OH is 1. The molecule has 0 aromatic heterocycles. The number of hydrogen-bond acceptors (Lipinski definition) is 6. The van der Waals surface area contributed by atoms with Gasteiger partial charge in [0.2, 0.25) is 5.91 Å². The van der Waals surface area contributed by atoms with Gasteiger partial charge in [0, 0.05) is 62.1 Å². The van der Waals surface area contributed by atoms with Gasteiger partial charge in [-0.25, -0.2) is 4.79 Å². The summed E-state index contributed by atoms with van der Waals surface area (Å²) in [5, 5.41) is 19.9. The zero-order chi connectivity index (χ0) is 19.3. The first kappa shape index (κ1) is 19.1. The zero-order valence-corrected chi connectivity index (χ0v) is 16.7. The van der Waals surface area contributed by atoms with Gasteiger partial charge in [-0.1, -0.05) is 6.92 Å². The van der Waals surface area contributed by atoms with Crippen molar-refractivity contribution in [2.45, 2.75) is 37.7 Å². The standard InChI is InChI=1S/C18H27N3O4S/c1-9-14-13(10(2)22)17(23)21(14)15(18(24)25)16(9)26-12-6-11(7-19(3)4)20(5)8-12/h7,9-10,12-14,22H,6,8H2,1-5H3,(H,24,25)/b11-7+/t9-,10-,12?,13-,14-/m1/s1. The number of carboxylic acids is 1. The first-order valence-electron chi connectivity index (χ1n) is 8.87. The average molecular weight is 381 g/mol. The van der Waals surface area contributed by atoms with E-state index in [-0.39, 0.29) is 28.8 Å². The van der Waals surface area contributed by atoms with Gasteiger partial charge >= 0.3 is 5.97 Å². The van der Waals surface area contributed by atoms with Crippen molar-refractivity contribution in [2.24, 2.45) is 11.8 Å². The molecule has 2 saturated heterocycles. The van der Waals surface area contributed by atoms with Crippen LogP contribution in [-0.2, 0) is 9.59 Å². The molecular weight excluding hydrogens is 354 g/mol. The highest BCUT2D eigenvalue weighted by Gasteiger charge is 2.60. The number of carboxylic acid groups (broad SMARTS) is 1. The van der Waals surface area contributed by atoms with Gasteiger partial charge in [0.05, 0.1) is 18.1 Å². The molecule has 1 amide bonds. The summed E-state index contributed by atoms with van der Waals surface area (Å²) in [7, 11) is 6.01. The average Bonchev–Trinajstić information content (AvgIpc) is 2.96. The molecule has 3 aliphatic heterocycles. The number of carbonyl (C=O) groups is 2. The minimum atomic E-state index is -1.06. The first-order chi connectivity index (χ1) is 12.1. The number of allylic oxidation sites excluding steroid dienone is 1. The SMILES string of the molecule is C[C@@H](O)[C@H]1C(=O)N2C(C(=O)O)=C(SC3C/C(=C\N(C)C)N(C)C3)[C@H](C)[C@H]12. The predicted molar refractivity (Wildman–Crippen MR) is 100 cm³/mol. The monoisotopic (exact) mass is 381 g/mol. The lowest BCUT2D eigenvalue weighted by Crippen LogP contribution is -2.63. The molecule has 2 N–H and O–H groups in total. The summed E-state index contributed by atoms with van der Waals surface area (Å²) in [6.07, 6.45) is 2.18. The third-order valence-electron chi connectivity index (χ3n) is 5.42. The lowest BCUT2D eigenvalue weighted by molar-refractivity contribution is -0.163. The van der Waals surface area contributed by atoms with Crippen LogP contribution in [0.3, 0.4) is 0 Å². The summed E-state index contributed by atoms with van der Waals surface area (Å²) in [5.74, 6) is -1.92. The molecule has 7 nitrogen and oxygen atoms in total. The molecular formula is C18H27N3O4S. The number of amides is 1. The maximum Gasteiger partial charge on any atom is 0.353 e. The Morgan fingerprint density at radius 3 is 2.62 bits per heavy atom. The Labute approximate surface area is 158 Å². The zero-order valence-electron chi connectivity index (χ0n) is 15.8. The van der Waals surface area contributed by atoms with E-state index in [0.717, 1.165) is 17.9 Å². The minimum Gasteiger partial charge on any atom is -0.477 e. The Kier molecular flexibility index (Phi) is 5.00. The lowest BCUT2D eigenvalue weighted by Gasteiger charge is -2.46. The van der Waals surface area contributed by atoms with Crippen molar-refractivity contribution in [3.8, 4) is 0 Å². The van der Waals surface area contributed by atoms with Crippen LogP contribution in [-0.4, -0.2) is 81.9 Å². The van der Waals surface area contributed by atoms with E-state index in [2.05, 4.69) is 11.1 Å². The predicted octanol–water partition coefficient (Wildman–Crippen LogP) is 0.980. The van der Waals surface area contributed by atoms with Crippen molar-refractivity contribution in [1.29, 1.82) is 0 Å². The number of aliphatic carboxylic acids is 1. The summed E-state index contributed by atoms with van der Waals surface area (Å²) in [5.41, 5.74) is 1.33. The number of aliphatic hydroxyl groups is 1. The Balaban J connectivity index is 1.83. The first-order valence-corrected chi connectivity index (χ1v) is 9.75.